The molecule has 0 atom stereocenters. The number of hydrogen-bond donors (Lipinski definition) is 0. The van der Waals surface area contributed by atoms with Crippen molar-refractivity contribution in [1.82, 2.24) is 10.1 Å². The van der Waals surface area contributed by atoms with Gasteiger partial charge in [0.2, 0.25) is 5.75 Å². The number of hydrogen-bond acceptors (Lipinski definition) is 6. The van der Waals surface area contributed by atoms with Crippen LogP contribution in [0.15, 0.2) is 40.9 Å². The van der Waals surface area contributed by atoms with E-state index in [1.54, 1.807) is 17.0 Å². The highest BCUT2D eigenvalue weighted by Gasteiger charge is 2.29. The third kappa shape index (κ3) is 4.78. The van der Waals surface area contributed by atoms with Gasteiger partial charge >= 0.3 is 0 Å². The van der Waals surface area contributed by atoms with Crippen molar-refractivity contribution in [2.75, 3.05) is 26.4 Å². The summed E-state index contributed by atoms with van der Waals surface area (Å²) in [5, 5.41) is 4.91. The van der Waals surface area contributed by atoms with E-state index in [4.69, 9.17) is 30.3 Å². The Labute approximate surface area is 198 Å². The van der Waals surface area contributed by atoms with E-state index in [1.165, 1.54) is 0 Å². The molecule has 2 heterocycles. The molecule has 1 aliphatic heterocycles. The largest absolute Gasteiger partial charge is 0.490 e. The van der Waals surface area contributed by atoms with Crippen LogP contribution in [0, 0.1) is 0 Å². The van der Waals surface area contributed by atoms with E-state index in [2.05, 4.69) is 5.16 Å². The van der Waals surface area contributed by atoms with Crippen LogP contribution in [0.1, 0.15) is 42.4 Å². The number of aromatic nitrogens is 1. The quantitative estimate of drug-likeness (QED) is 0.439. The maximum atomic E-state index is 13.4. The molecule has 8 heteroatoms. The summed E-state index contributed by atoms with van der Waals surface area (Å²) < 4.78 is 22.9. The third-order valence-corrected chi connectivity index (χ3v) is 5.64. The Bertz CT molecular complexity index is 1100. The summed E-state index contributed by atoms with van der Waals surface area (Å²) in [5.41, 5.74) is 3.19. The number of rotatable bonds is 8. The zero-order chi connectivity index (χ0) is 23.4. The number of benzene rings is 2. The molecule has 174 valence electrons. The highest BCUT2D eigenvalue weighted by molar-refractivity contribution is 6.30. The molecular formula is C25H27ClN2O5. The predicted octanol–water partition coefficient (Wildman–Crippen LogP) is 5.39. The van der Waals surface area contributed by atoms with Crippen molar-refractivity contribution in [2.24, 2.45) is 0 Å². The van der Waals surface area contributed by atoms with Gasteiger partial charge in [-0.25, -0.2) is 0 Å². The second-order valence-corrected chi connectivity index (χ2v) is 7.96. The van der Waals surface area contributed by atoms with E-state index in [9.17, 15) is 4.79 Å². The maximum Gasteiger partial charge on any atom is 0.254 e. The van der Waals surface area contributed by atoms with Gasteiger partial charge in [-0.1, -0.05) is 16.8 Å². The van der Waals surface area contributed by atoms with Crippen molar-refractivity contribution in [1.29, 1.82) is 0 Å². The zero-order valence-electron chi connectivity index (χ0n) is 19.0. The standard InChI is InChI=1S/C25H27ClN2O5/c1-4-30-21-13-17(14-22(31-5-2)24(21)32-6-3)25(29)28-12-11-19-20(15-28)27-33-23(19)16-7-9-18(26)10-8-16/h7-10,13-14H,4-6,11-12,15H2,1-3H3. The van der Waals surface area contributed by atoms with E-state index >= 15 is 0 Å². The average molecular weight is 471 g/mol. The van der Waals surface area contributed by atoms with Gasteiger partial charge in [-0.2, -0.15) is 0 Å². The van der Waals surface area contributed by atoms with Gasteiger partial charge in [-0.15, -0.1) is 0 Å². The molecule has 0 saturated heterocycles. The van der Waals surface area contributed by atoms with Gasteiger partial charge in [0, 0.05) is 28.3 Å². The highest BCUT2D eigenvalue weighted by Crippen LogP contribution is 2.40. The van der Waals surface area contributed by atoms with Crippen molar-refractivity contribution in [3.63, 3.8) is 0 Å². The maximum absolute atomic E-state index is 13.4. The van der Waals surface area contributed by atoms with Crippen molar-refractivity contribution in [2.45, 2.75) is 33.7 Å². The van der Waals surface area contributed by atoms with Crippen LogP contribution in [-0.2, 0) is 13.0 Å². The van der Waals surface area contributed by atoms with Gasteiger partial charge in [-0.3, -0.25) is 4.79 Å². The molecule has 0 spiro atoms. The number of carbonyl (C=O) groups excluding carboxylic acids is 1. The van der Waals surface area contributed by atoms with Gasteiger partial charge < -0.3 is 23.6 Å². The normalized spacial score (nSPS) is 12.9. The minimum atomic E-state index is -0.123. The van der Waals surface area contributed by atoms with Gasteiger partial charge in [0.25, 0.3) is 5.91 Å². The molecule has 0 fully saturated rings. The van der Waals surface area contributed by atoms with Crippen molar-refractivity contribution < 1.29 is 23.5 Å². The molecular weight excluding hydrogens is 444 g/mol. The number of fused-ring (bicyclic) bond motifs is 1. The summed E-state index contributed by atoms with van der Waals surface area (Å²) >= 11 is 6.00. The summed E-state index contributed by atoms with van der Waals surface area (Å²) in [6.07, 6.45) is 0.649. The summed E-state index contributed by atoms with van der Waals surface area (Å²) in [4.78, 5) is 15.2. The Kier molecular flexibility index (Phi) is 7.08. The van der Waals surface area contributed by atoms with Crippen molar-refractivity contribution >= 4 is 17.5 Å². The first-order valence-corrected chi connectivity index (χ1v) is 11.5. The van der Waals surface area contributed by atoms with Crippen molar-refractivity contribution in [3.05, 3.63) is 58.2 Å². The monoisotopic (exact) mass is 470 g/mol. The molecule has 0 N–H and O–H groups in total. The Morgan fingerprint density at radius 2 is 1.67 bits per heavy atom. The third-order valence-electron chi connectivity index (χ3n) is 5.39. The van der Waals surface area contributed by atoms with E-state index in [0.717, 1.165) is 22.6 Å². The molecule has 7 nitrogen and oxygen atoms in total. The summed E-state index contributed by atoms with van der Waals surface area (Å²) in [6.45, 7) is 7.95. The zero-order valence-corrected chi connectivity index (χ0v) is 19.8. The molecule has 0 unspecified atom stereocenters. The molecule has 1 aliphatic rings. The number of ether oxygens (including phenoxy) is 3. The van der Waals surface area contributed by atoms with E-state index in [-0.39, 0.29) is 5.91 Å². The average Bonchev–Trinajstić information content (AvgIpc) is 3.24. The van der Waals surface area contributed by atoms with Gasteiger partial charge in [-0.05, 0) is 63.6 Å². The van der Waals surface area contributed by atoms with E-state index < -0.39 is 0 Å². The first kappa shape index (κ1) is 23.0. The summed E-state index contributed by atoms with van der Waals surface area (Å²) in [6, 6.07) is 10.9. The fraction of sp³-hybridized carbons (Fsp3) is 0.360. The van der Waals surface area contributed by atoms with Crippen LogP contribution in [0.4, 0.5) is 0 Å². The molecule has 3 aromatic rings. The van der Waals surface area contributed by atoms with E-state index in [0.29, 0.717) is 67.2 Å². The Balaban J connectivity index is 1.60. The van der Waals surface area contributed by atoms with Crippen LogP contribution in [0.3, 0.4) is 0 Å². The Morgan fingerprint density at radius 1 is 1.03 bits per heavy atom. The van der Waals surface area contributed by atoms with Crippen LogP contribution in [0.2, 0.25) is 5.02 Å². The number of halogens is 1. The Morgan fingerprint density at radius 3 is 2.27 bits per heavy atom. The summed E-state index contributed by atoms with van der Waals surface area (Å²) in [7, 11) is 0. The molecule has 2 aromatic carbocycles. The first-order chi connectivity index (χ1) is 16.0. The predicted molar refractivity (Wildman–Crippen MR) is 125 cm³/mol. The molecule has 0 radical (unpaired) electrons. The molecule has 0 saturated carbocycles. The second-order valence-electron chi connectivity index (χ2n) is 7.52. The molecule has 4 rings (SSSR count). The lowest BCUT2D eigenvalue weighted by Crippen LogP contribution is -2.36. The molecule has 33 heavy (non-hydrogen) atoms. The van der Waals surface area contributed by atoms with Gasteiger partial charge in [0.1, 0.15) is 5.69 Å². The number of carbonyl (C=O) groups is 1. The fourth-order valence-electron chi connectivity index (χ4n) is 3.93. The van der Waals surface area contributed by atoms with Crippen LogP contribution in [-0.4, -0.2) is 42.3 Å². The fourth-order valence-corrected chi connectivity index (χ4v) is 4.05. The van der Waals surface area contributed by atoms with Crippen molar-refractivity contribution in [3.8, 4) is 28.6 Å². The van der Waals surface area contributed by atoms with Crippen LogP contribution < -0.4 is 14.2 Å². The molecule has 1 aromatic heterocycles. The SMILES string of the molecule is CCOc1cc(C(=O)N2CCc3c(noc3-c3ccc(Cl)cc3)C2)cc(OCC)c1OCC. The van der Waals surface area contributed by atoms with Gasteiger partial charge in [0.15, 0.2) is 17.3 Å². The van der Waals surface area contributed by atoms with E-state index in [1.807, 2.05) is 45.0 Å². The minimum absolute atomic E-state index is 0.123. The molecule has 0 bridgehead atoms. The summed E-state index contributed by atoms with van der Waals surface area (Å²) in [5.74, 6) is 2.12. The second kappa shape index (κ2) is 10.2. The first-order valence-electron chi connectivity index (χ1n) is 11.1. The van der Waals surface area contributed by atoms with Crippen LogP contribution in [0.5, 0.6) is 17.2 Å². The number of nitrogens with zero attached hydrogens (tertiary/aromatic N) is 2. The van der Waals surface area contributed by atoms with Crippen LogP contribution >= 0.6 is 11.6 Å². The lowest BCUT2D eigenvalue weighted by Gasteiger charge is -2.27. The highest BCUT2D eigenvalue weighted by atomic mass is 35.5. The van der Waals surface area contributed by atoms with Crippen LogP contribution in [0.25, 0.3) is 11.3 Å². The topological polar surface area (TPSA) is 74.0 Å². The number of amides is 1. The molecule has 1 amide bonds. The lowest BCUT2D eigenvalue weighted by atomic mass is 10.00. The molecule has 0 aliphatic carbocycles. The lowest BCUT2D eigenvalue weighted by molar-refractivity contribution is 0.0730. The smallest absolute Gasteiger partial charge is 0.254 e. The minimum Gasteiger partial charge on any atom is -0.490 e. The Hall–Kier alpha value is -3.19. The van der Waals surface area contributed by atoms with Gasteiger partial charge in [0.05, 0.1) is 26.4 Å².